The molecule has 0 heterocycles. The van der Waals surface area contributed by atoms with Crippen molar-refractivity contribution in [2.75, 3.05) is 19.8 Å². The van der Waals surface area contributed by atoms with Gasteiger partial charge in [-0.25, -0.2) is 4.79 Å². The lowest BCUT2D eigenvalue weighted by Gasteiger charge is -2.16. The number of carbonyl (C=O) groups excluding carboxylic acids is 1. The molecule has 0 aromatic heterocycles. The van der Waals surface area contributed by atoms with Crippen molar-refractivity contribution in [3.63, 3.8) is 0 Å². The van der Waals surface area contributed by atoms with E-state index in [0.717, 1.165) is 33.6 Å². The number of rotatable bonds is 7. The molecular weight excluding hydrogens is 328 g/mol. The zero-order valence-corrected chi connectivity index (χ0v) is 16.3. The fourth-order valence-electron chi connectivity index (χ4n) is 3.11. The summed E-state index contributed by atoms with van der Waals surface area (Å²) in [6, 6.07) is 10.0. The highest BCUT2D eigenvalue weighted by molar-refractivity contribution is 5.92. The molecule has 0 saturated carbocycles. The third-order valence-corrected chi connectivity index (χ3v) is 4.30. The van der Waals surface area contributed by atoms with Crippen LogP contribution in [0.3, 0.4) is 0 Å². The zero-order chi connectivity index (χ0) is 19.3. The molecule has 0 amide bonds. The molecule has 1 N–H and O–H groups in total. The van der Waals surface area contributed by atoms with Gasteiger partial charge in [-0.2, -0.15) is 0 Å². The van der Waals surface area contributed by atoms with Gasteiger partial charge in [0.2, 0.25) is 0 Å². The molecular formula is C22H28O4. The maximum Gasteiger partial charge on any atom is 0.338 e. The largest absolute Gasteiger partial charge is 0.491 e. The van der Waals surface area contributed by atoms with E-state index in [0.29, 0.717) is 12.2 Å². The average molecular weight is 356 g/mol. The summed E-state index contributed by atoms with van der Waals surface area (Å²) in [4.78, 5) is 12.2. The smallest absolute Gasteiger partial charge is 0.338 e. The highest BCUT2D eigenvalue weighted by Crippen LogP contribution is 2.32. The monoisotopic (exact) mass is 356 g/mol. The van der Waals surface area contributed by atoms with E-state index in [9.17, 15) is 4.79 Å². The second-order valence-corrected chi connectivity index (χ2v) is 6.69. The summed E-state index contributed by atoms with van der Waals surface area (Å²) in [6.07, 6.45) is 0. The van der Waals surface area contributed by atoms with E-state index < -0.39 is 0 Å². The number of ether oxygens (including phenoxy) is 2. The number of carbonyl (C=O) groups is 1. The molecule has 2 rings (SSSR count). The number of aryl methyl sites for hydroxylation is 2. The highest BCUT2D eigenvalue weighted by Gasteiger charge is 2.17. The first-order valence-corrected chi connectivity index (χ1v) is 9.05. The molecule has 0 bridgehead atoms. The second kappa shape index (κ2) is 8.86. The lowest BCUT2D eigenvalue weighted by molar-refractivity contribution is 0.0524. The van der Waals surface area contributed by atoms with Crippen molar-refractivity contribution in [3.05, 3.63) is 52.6 Å². The van der Waals surface area contributed by atoms with Crippen LogP contribution in [-0.2, 0) is 4.74 Å². The van der Waals surface area contributed by atoms with Gasteiger partial charge in [0.15, 0.2) is 0 Å². The van der Waals surface area contributed by atoms with E-state index in [1.54, 1.807) is 0 Å². The molecule has 0 unspecified atom stereocenters. The van der Waals surface area contributed by atoms with Gasteiger partial charge in [0, 0.05) is 0 Å². The SMILES string of the molecule is CCOC(=O)c1ccc(-c2cc(C)c(OCCO)c(C)c2)cc1C(C)C. The molecule has 0 spiro atoms. The molecule has 0 aliphatic carbocycles. The van der Waals surface area contributed by atoms with Crippen LogP contribution in [0.25, 0.3) is 11.1 Å². The minimum atomic E-state index is -0.275. The van der Waals surface area contributed by atoms with Gasteiger partial charge in [-0.15, -0.1) is 0 Å². The minimum absolute atomic E-state index is 0.00625. The van der Waals surface area contributed by atoms with Gasteiger partial charge < -0.3 is 14.6 Å². The van der Waals surface area contributed by atoms with E-state index in [1.165, 1.54) is 0 Å². The standard InChI is InChI=1S/C22H28O4/c1-6-25-22(24)19-8-7-17(13-20(19)14(2)3)18-11-15(4)21(16(5)12-18)26-10-9-23/h7-8,11-14,23H,6,9-10H2,1-5H3. The van der Waals surface area contributed by atoms with Gasteiger partial charge in [-0.05, 0) is 72.7 Å². The Hall–Kier alpha value is -2.33. The number of aliphatic hydroxyl groups excluding tert-OH is 1. The molecule has 0 saturated heterocycles. The van der Waals surface area contributed by atoms with Crippen molar-refractivity contribution < 1.29 is 19.4 Å². The third-order valence-electron chi connectivity index (χ3n) is 4.30. The molecule has 140 valence electrons. The van der Waals surface area contributed by atoms with Crippen LogP contribution in [0.4, 0.5) is 0 Å². The van der Waals surface area contributed by atoms with Crippen LogP contribution in [0, 0.1) is 13.8 Å². The van der Waals surface area contributed by atoms with E-state index in [4.69, 9.17) is 14.6 Å². The first-order chi connectivity index (χ1) is 12.4. The molecule has 0 aliphatic rings. The number of hydrogen-bond donors (Lipinski definition) is 1. The van der Waals surface area contributed by atoms with Crippen LogP contribution in [0.2, 0.25) is 0 Å². The van der Waals surface area contributed by atoms with Crippen molar-refractivity contribution in [1.82, 2.24) is 0 Å². The predicted molar refractivity (Wildman–Crippen MR) is 104 cm³/mol. The Morgan fingerprint density at radius 1 is 1.08 bits per heavy atom. The zero-order valence-electron chi connectivity index (χ0n) is 16.3. The summed E-state index contributed by atoms with van der Waals surface area (Å²) >= 11 is 0. The van der Waals surface area contributed by atoms with Gasteiger partial charge in [-0.1, -0.05) is 26.0 Å². The van der Waals surface area contributed by atoms with E-state index in [1.807, 2.05) is 32.9 Å². The normalized spacial score (nSPS) is 10.9. The number of esters is 1. The molecule has 2 aromatic rings. The maximum atomic E-state index is 12.2. The molecule has 2 aromatic carbocycles. The lowest BCUT2D eigenvalue weighted by atomic mass is 9.91. The van der Waals surface area contributed by atoms with Gasteiger partial charge in [0.1, 0.15) is 12.4 Å². The Balaban J connectivity index is 2.46. The quantitative estimate of drug-likeness (QED) is 0.734. The molecule has 0 atom stereocenters. The van der Waals surface area contributed by atoms with Gasteiger partial charge in [0.25, 0.3) is 0 Å². The number of hydrogen-bond acceptors (Lipinski definition) is 4. The molecule has 4 heteroatoms. The lowest BCUT2D eigenvalue weighted by Crippen LogP contribution is -2.09. The molecule has 4 nitrogen and oxygen atoms in total. The fraction of sp³-hybridized carbons (Fsp3) is 0.409. The van der Waals surface area contributed by atoms with E-state index >= 15 is 0 Å². The van der Waals surface area contributed by atoms with Crippen LogP contribution in [0.1, 0.15) is 53.7 Å². The third kappa shape index (κ3) is 4.44. The molecule has 26 heavy (non-hydrogen) atoms. The van der Waals surface area contributed by atoms with Gasteiger partial charge in [0.05, 0.1) is 18.8 Å². The van der Waals surface area contributed by atoms with Crippen molar-refractivity contribution >= 4 is 5.97 Å². The van der Waals surface area contributed by atoms with Crippen molar-refractivity contribution in [2.45, 2.75) is 40.5 Å². The molecule has 0 radical (unpaired) electrons. The minimum Gasteiger partial charge on any atom is -0.491 e. The van der Waals surface area contributed by atoms with E-state index in [-0.39, 0.29) is 25.1 Å². The Morgan fingerprint density at radius 3 is 2.27 bits per heavy atom. The topological polar surface area (TPSA) is 55.8 Å². The Kier molecular flexibility index (Phi) is 6.81. The summed E-state index contributed by atoms with van der Waals surface area (Å²) in [7, 11) is 0. The summed E-state index contributed by atoms with van der Waals surface area (Å²) in [5.74, 6) is 0.751. The average Bonchev–Trinajstić information content (AvgIpc) is 2.60. The van der Waals surface area contributed by atoms with Crippen molar-refractivity contribution in [3.8, 4) is 16.9 Å². The summed E-state index contributed by atoms with van der Waals surface area (Å²) in [5, 5.41) is 8.97. The van der Waals surface area contributed by atoms with Crippen molar-refractivity contribution in [1.29, 1.82) is 0 Å². The van der Waals surface area contributed by atoms with Crippen LogP contribution >= 0.6 is 0 Å². The maximum absolute atomic E-state index is 12.2. The van der Waals surface area contributed by atoms with Gasteiger partial charge in [-0.3, -0.25) is 0 Å². The first kappa shape index (κ1) is 20.0. The summed E-state index contributed by atoms with van der Waals surface area (Å²) in [5.41, 5.74) is 5.79. The second-order valence-electron chi connectivity index (χ2n) is 6.69. The number of benzene rings is 2. The van der Waals surface area contributed by atoms with Crippen LogP contribution in [0.15, 0.2) is 30.3 Å². The van der Waals surface area contributed by atoms with Crippen LogP contribution in [-0.4, -0.2) is 30.9 Å². The Bertz CT molecular complexity index is 755. The van der Waals surface area contributed by atoms with Crippen LogP contribution < -0.4 is 4.74 Å². The van der Waals surface area contributed by atoms with Crippen molar-refractivity contribution in [2.24, 2.45) is 0 Å². The number of aliphatic hydroxyl groups is 1. The summed E-state index contributed by atoms with van der Waals surface area (Å²) < 4.78 is 10.8. The first-order valence-electron chi connectivity index (χ1n) is 9.05. The van der Waals surface area contributed by atoms with E-state index in [2.05, 4.69) is 32.0 Å². The summed E-state index contributed by atoms with van der Waals surface area (Å²) in [6.45, 7) is 10.6. The Labute approximate surface area is 155 Å². The highest BCUT2D eigenvalue weighted by atomic mass is 16.5. The van der Waals surface area contributed by atoms with Gasteiger partial charge >= 0.3 is 5.97 Å². The van der Waals surface area contributed by atoms with Crippen LogP contribution in [0.5, 0.6) is 5.75 Å². The predicted octanol–water partition coefficient (Wildman–Crippen LogP) is 4.64. The Morgan fingerprint density at radius 2 is 1.73 bits per heavy atom. The molecule has 0 aliphatic heterocycles. The molecule has 0 fully saturated rings. The fourth-order valence-corrected chi connectivity index (χ4v) is 3.11.